The number of nitrogens with zero attached hydrogens (tertiary/aromatic N) is 3. The molecule has 1 aromatic heterocycles. The molecule has 2 aromatic carbocycles. The highest BCUT2D eigenvalue weighted by molar-refractivity contribution is 5.94. The molecule has 0 N–H and O–H groups in total. The lowest BCUT2D eigenvalue weighted by molar-refractivity contribution is -0.141. The van der Waals surface area contributed by atoms with Gasteiger partial charge in [-0.2, -0.15) is 4.39 Å². The standard InChI is InChI=1S/C36H44FN3O3/c1-23(24-10-11-24)28-7-6-8-29-30(16-17-31-34(29)35(37)38-40(31)32-9-4-5-22-43-32)33(28)25-12-14-27(15-13-25)39-20-18-26(19-21-39)36(41-2)42-3/h12-17,24,26,32,36H,1,4-11,18-22H2,2-3H3. The molecule has 1 saturated carbocycles. The van der Waals surface area contributed by atoms with Gasteiger partial charge in [-0.15, -0.1) is 5.10 Å². The van der Waals surface area contributed by atoms with E-state index in [9.17, 15) is 0 Å². The lowest BCUT2D eigenvalue weighted by atomic mass is 9.86. The second-order valence-corrected chi connectivity index (χ2v) is 12.8. The van der Waals surface area contributed by atoms with E-state index in [-0.39, 0.29) is 18.5 Å². The number of fused-ring (bicyclic) bond motifs is 3. The van der Waals surface area contributed by atoms with E-state index in [4.69, 9.17) is 14.2 Å². The molecule has 2 aliphatic carbocycles. The van der Waals surface area contributed by atoms with Crippen LogP contribution in [0.3, 0.4) is 0 Å². The van der Waals surface area contributed by atoms with Crippen molar-refractivity contribution in [3.05, 3.63) is 76.8 Å². The number of hydrogen-bond acceptors (Lipinski definition) is 5. The van der Waals surface area contributed by atoms with Crippen molar-refractivity contribution >= 4 is 22.2 Å². The van der Waals surface area contributed by atoms with Gasteiger partial charge < -0.3 is 19.1 Å². The second-order valence-electron chi connectivity index (χ2n) is 12.8. The maximum absolute atomic E-state index is 15.7. The Morgan fingerprint density at radius 1 is 0.953 bits per heavy atom. The van der Waals surface area contributed by atoms with Crippen molar-refractivity contribution in [1.82, 2.24) is 9.78 Å². The Labute approximate surface area is 254 Å². The molecular weight excluding hydrogens is 541 g/mol. The van der Waals surface area contributed by atoms with E-state index in [0.717, 1.165) is 81.1 Å². The largest absolute Gasteiger partial charge is 0.372 e. The Bertz CT molecular complexity index is 1500. The van der Waals surface area contributed by atoms with E-state index in [1.807, 2.05) is 0 Å². The van der Waals surface area contributed by atoms with Crippen molar-refractivity contribution in [3.63, 3.8) is 0 Å². The summed E-state index contributed by atoms with van der Waals surface area (Å²) in [4.78, 5) is 2.46. The number of benzene rings is 2. The van der Waals surface area contributed by atoms with Gasteiger partial charge in [-0.05, 0) is 122 Å². The van der Waals surface area contributed by atoms with Gasteiger partial charge in [-0.3, -0.25) is 0 Å². The number of aromatic nitrogens is 2. The maximum atomic E-state index is 15.7. The minimum absolute atomic E-state index is 0.136. The molecule has 4 aliphatic rings. The molecule has 0 spiro atoms. The van der Waals surface area contributed by atoms with Crippen LogP contribution in [-0.4, -0.2) is 50.0 Å². The molecule has 2 saturated heterocycles. The predicted molar refractivity (Wildman–Crippen MR) is 169 cm³/mol. The van der Waals surface area contributed by atoms with Gasteiger partial charge in [0.25, 0.3) is 0 Å². The third-order valence-electron chi connectivity index (χ3n) is 10.2. The number of rotatable bonds is 8. The highest BCUT2D eigenvalue weighted by atomic mass is 19.1. The van der Waals surface area contributed by atoms with Crippen LogP contribution in [0.25, 0.3) is 16.5 Å². The fourth-order valence-corrected chi connectivity index (χ4v) is 7.69. The van der Waals surface area contributed by atoms with Gasteiger partial charge in [0.1, 0.15) is 0 Å². The first-order chi connectivity index (χ1) is 21.1. The maximum Gasteiger partial charge on any atom is 0.240 e. The number of halogens is 1. The minimum Gasteiger partial charge on any atom is -0.372 e. The van der Waals surface area contributed by atoms with E-state index in [0.29, 0.717) is 23.8 Å². The van der Waals surface area contributed by atoms with Gasteiger partial charge in [0, 0.05) is 45.5 Å². The van der Waals surface area contributed by atoms with Crippen LogP contribution in [0.15, 0.2) is 54.1 Å². The third-order valence-corrected chi connectivity index (χ3v) is 10.2. The van der Waals surface area contributed by atoms with E-state index < -0.39 is 0 Å². The Balaban J connectivity index is 1.25. The Morgan fingerprint density at radius 3 is 2.40 bits per heavy atom. The zero-order valence-corrected chi connectivity index (χ0v) is 25.6. The number of anilines is 1. The van der Waals surface area contributed by atoms with Crippen LogP contribution in [0.1, 0.15) is 80.7 Å². The minimum atomic E-state index is -0.382. The average Bonchev–Trinajstić information content (AvgIpc) is 3.87. The van der Waals surface area contributed by atoms with Crippen LogP contribution in [-0.2, 0) is 20.6 Å². The van der Waals surface area contributed by atoms with Gasteiger partial charge in [-0.25, -0.2) is 4.68 Å². The average molecular weight is 586 g/mol. The van der Waals surface area contributed by atoms with Crippen molar-refractivity contribution in [1.29, 1.82) is 0 Å². The van der Waals surface area contributed by atoms with Crippen molar-refractivity contribution in [2.24, 2.45) is 11.8 Å². The number of methoxy groups -OCH3 is 2. The number of aryl methyl sites for hydroxylation is 1. The molecular formula is C36H44FN3O3. The molecule has 0 amide bonds. The normalized spacial score (nSPS) is 21.9. The fourth-order valence-electron chi connectivity index (χ4n) is 7.69. The first kappa shape index (κ1) is 28.8. The van der Waals surface area contributed by atoms with Gasteiger partial charge in [0.05, 0.1) is 10.9 Å². The number of hydrogen-bond donors (Lipinski definition) is 0. The third kappa shape index (κ3) is 5.45. The lowest BCUT2D eigenvalue weighted by Crippen LogP contribution is -2.39. The molecule has 6 nitrogen and oxygen atoms in total. The zero-order chi connectivity index (χ0) is 29.5. The molecule has 7 heteroatoms. The molecule has 1 atom stereocenters. The SMILES string of the molecule is C=C(C1=C(c2ccc(N3CCC(C(OC)OC)CC3)cc2)c2ccc3c(c(F)nn3C3CCCCO3)c2CCC1)C1CC1. The topological polar surface area (TPSA) is 48.8 Å². The number of ether oxygens (including phenoxy) is 3. The van der Waals surface area contributed by atoms with Crippen LogP contribution in [0, 0.1) is 17.8 Å². The van der Waals surface area contributed by atoms with Gasteiger partial charge >= 0.3 is 0 Å². The predicted octanol–water partition coefficient (Wildman–Crippen LogP) is 7.81. The summed E-state index contributed by atoms with van der Waals surface area (Å²) in [7, 11) is 3.45. The summed E-state index contributed by atoms with van der Waals surface area (Å²) in [5, 5.41) is 5.06. The summed E-state index contributed by atoms with van der Waals surface area (Å²) in [5.74, 6) is 0.606. The summed E-state index contributed by atoms with van der Waals surface area (Å²) in [6, 6.07) is 13.3. The van der Waals surface area contributed by atoms with Crippen molar-refractivity contribution < 1.29 is 18.6 Å². The van der Waals surface area contributed by atoms with Crippen LogP contribution < -0.4 is 4.90 Å². The van der Waals surface area contributed by atoms with Gasteiger partial charge in [0.15, 0.2) is 12.5 Å². The highest BCUT2D eigenvalue weighted by Crippen LogP contribution is 2.47. The van der Waals surface area contributed by atoms with Crippen molar-refractivity contribution in [2.75, 3.05) is 38.8 Å². The lowest BCUT2D eigenvalue weighted by Gasteiger charge is -2.36. The Morgan fingerprint density at radius 2 is 1.72 bits per heavy atom. The van der Waals surface area contributed by atoms with E-state index >= 15 is 4.39 Å². The summed E-state index contributed by atoms with van der Waals surface area (Å²) < 4.78 is 34.6. The van der Waals surface area contributed by atoms with Crippen molar-refractivity contribution in [3.8, 4) is 0 Å². The second kappa shape index (κ2) is 12.2. The first-order valence-corrected chi connectivity index (χ1v) is 16.2. The van der Waals surface area contributed by atoms with Crippen LogP contribution in [0.2, 0.25) is 0 Å². The van der Waals surface area contributed by atoms with E-state index in [1.165, 1.54) is 40.8 Å². The summed E-state index contributed by atoms with van der Waals surface area (Å²) in [6.07, 6.45) is 9.92. The van der Waals surface area contributed by atoms with E-state index in [2.05, 4.69) is 53.0 Å². The fraction of sp³-hybridized carbons (Fsp3) is 0.528. The van der Waals surface area contributed by atoms with Gasteiger partial charge in [-0.1, -0.05) is 24.8 Å². The number of allylic oxidation sites excluding steroid dienone is 2. The molecule has 7 rings (SSSR count). The van der Waals surface area contributed by atoms with E-state index in [1.54, 1.807) is 18.9 Å². The number of piperidine rings is 1. The monoisotopic (exact) mass is 585 g/mol. The molecule has 3 heterocycles. The highest BCUT2D eigenvalue weighted by Gasteiger charge is 2.32. The van der Waals surface area contributed by atoms with Crippen LogP contribution >= 0.6 is 0 Å². The molecule has 1 unspecified atom stereocenters. The zero-order valence-electron chi connectivity index (χ0n) is 25.6. The molecule has 2 aliphatic heterocycles. The quantitative estimate of drug-likeness (QED) is 0.252. The summed E-state index contributed by atoms with van der Waals surface area (Å²) >= 11 is 0. The molecule has 228 valence electrons. The van der Waals surface area contributed by atoms with Crippen molar-refractivity contribution in [2.45, 2.75) is 76.7 Å². The first-order valence-electron chi connectivity index (χ1n) is 16.2. The van der Waals surface area contributed by atoms with Crippen LogP contribution in [0.4, 0.5) is 10.1 Å². The Hall–Kier alpha value is -3.00. The smallest absolute Gasteiger partial charge is 0.240 e. The molecule has 0 radical (unpaired) electrons. The Kier molecular flexibility index (Phi) is 8.14. The summed E-state index contributed by atoms with van der Waals surface area (Å²) in [6.45, 7) is 7.27. The molecule has 3 fully saturated rings. The molecule has 43 heavy (non-hydrogen) atoms. The molecule has 3 aromatic rings. The summed E-state index contributed by atoms with van der Waals surface area (Å²) in [5.41, 5.74) is 9.30. The van der Waals surface area contributed by atoms with Gasteiger partial charge in [0.2, 0.25) is 5.95 Å². The van der Waals surface area contributed by atoms with Crippen LogP contribution in [0.5, 0.6) is 0 Å². The molecule has 0 bridgehead atoms.